The van der Waals surface area contributed by atoms with Crippen molar-refractivity contribution in [2.75, 3.05) is 6.54 Å². The van der Waals surface area contributed by atoms with Gasteiger partial charge in [0.05, 0.1) is 0 Å². The summed E-state index contributed by atoms with van der Waals surface area (Å²) in [4.78, 5) is 10.2. The number of aliphatic carboxylic acids is 1. The smallest absolute Gasteiger partial charge is 0.320 e. The van der Waals surface area contributed by atoms with E-state index in [2.05, 4.69) is 12.4 Å². The van der Waals surface area contributed by atoms with Crippen LogP contribution in [0.15, 0.2) is 0 Å². The Bertz CT molecular complexity index is 117. The molecule has 0 spiro atoms. The van der Waals surface area contributed by atoms with Crippen molar-refractivity contribution < 1.29 is 9.90 Å². The number of rotatable bonds is 6. The fourth-order valence-electron chi connectivity index (χ4n) is 0.738. The Morgan fingerprint density at radius 1 is 1.64 bits per heavy atom. The Balaban J connectivity index is 3.17. The number of carbonyl (C=O) groups is 1. The van der Waals surface area contributed by atoms with Gasteiger partial charge in [-0.1, -0.05) is 6.42 Å². The molecule has 1 atom stereocenters. The minimum atomic E-state index is -0.924. The van der Waals surface area contributed by atoms with Crippen molar-refractivity contribution in [1.29, 1.82) is 0 Å². The quantitative estimate of drug-likeness (QED) is 0.475. The third-order valence-corrected chi connectivity index (χ3v) is 1.44. The van der Waals surface area contributed by atoms with Crippen LogP contribution in [-0.2, 0) is 4.79 Å². The van der Waals surface area contributed by atoms with Crippen molar-refractivity contribution >= 4 is 5.97 Å². The summed E-state index contributed by atoms with van der Waals surface area (Å²) in [5, 5.41) is 11.1. The molecule has 4 N–H and O–H groups in total. The maximum absolute atomic E-state index is 10.2. The molecule has 0 heterocycles. The highest BCUT2D eigenvalue weighted by Gasteiger charge is 2.09. The van der Waals surface area contributed by atoms with Crippen LogP contribution in [0.4, 0.5) is 0 Å². The average Bonchev–Trinajstić information content (AvgIpc) is 1.97. The number of carboxylic acid groups (broad SMARTS) is 1. The molecule has 65 valence electrons. The lowest BCUT2D eigenvalue weighted by Gasteiger charge is -2.04. The summed E-state index contributed by atoms with van der Waals surface area (Å²) >= 11 is 0. The van der Waals surface area contributed by atoms with Crippen molar-refractivity contribution in [1.82, 2.24) is 5.32 Å². The van der Waals surface area contributed by atoms with E-state index in [1.54, 1.807) is 0 Å². The Kier molecular flexibility index (Phi) is 5.78. The fourth-order valence-corrected chi connectivity index (χ4v) is 0.738. The van der Waals surface area contributed by atoms with Gasteiger partial charge in [-0.3, -0.25) is 4.79 Å². The summed E-state index contributed by atoms with van der Waals surface area (Å²) in [5.74, 6) is -0.924. The molecule has 4 nitrogen and oxygen atoms in total. The van der Waals surface area contributed by atoms with E-state index in [4.69, 9.17) is 10.8 Å². The maximum atomic E-state index is 10.2. The molecule has 0 aromatic carbocycles. The lowest BCUT2D eigenvalue weighted by Crippen LogP contribution is -2.29. The molecule has 0 aromatic heterocycles. The molecule has 0 fully saturated rings. The van der Waals surface area contributed by atoms with Crippen LogP contribution in [0.2, 0.25) is 0 Å². The molecule has 4 heteroatoms. The summed E-state index contributed by atoms with van der Waals surface area (Å²) in [6.45, 7) is 0.812. The minimum absolute atomic E-state index is 0.539. The average molecular weight is 159 g/mol. The van der Waals surface area contributed by atoms with Crippen LogP contribution in [0.5, 0.6) is 0 Å². The first-order chi connectivity index (χ1) is 5.18. The first-order valence-corrected chi connectivity index (χ1v) is 3.67. The van der Waals surface area contributed by atoms with E-state index in [1.807, 2.05) is 0 Å². The molecule has 0 saturated heterocycles. The lowest BCUT2D eigenvalue weighted by atomic mass is 10.1. The zero-order valence-corrected chi connectivity index (χ0v) is 6.55. The Morgan fingerprint density at radius 2 is 2.27 bits per heavy atom. The molecular weight excluding hydrogens is 144 g/mol. The summed E-state index contributed by atoms with van der Waals surface area (Å²) in [7, 11) is 3.44. The first kappa shape index (κ1) is 10.4. The van der Waals surface area contributed by atoms with Gasteiger partial charge in [0.15, 0.2) is 0 Å². The summed E-state index contributed by atoms with van der Waals surface area (Å²) in [5.41, 5.74) is 5.26. The second kappa shape index (κ2) is 6.12. The van der Waals surface area contributed by atoms with Crippen LogP contribution in [0.3, 0.4) is 0 Å². The van der Waals surface area contributed by atoms with Crippen LogP contribution in [0, 0.1) is 7.05 Å². The third kappa shape index (κ3) is 5.82. The summed E-state index contributed by atoms with van der Waals surface area (Å²) in [6.07, 6.45) is 2.29. The van der Waals surface area contributed by atoms with Crippen molar-refractivity contribution in [3.63, 3.8) is 0 Å². The van der Waals surface area contributed by atoms with Crippen molar-refractivity contribution in [3.8, 4) is 0 Å². The van der Waals surface area contributed by atoms with E-state index < -0.39 is 12.0 Å². The number of carboxylic acids is 1. The highest BCUT2D eigenvalue weighted by molar-refractivity contribution is 5.72. The molecular formula is C7H15N2O2. The molecule has 0 aliphatic rings. The van der Waals surface area contributed by atoms with Gasteiger partial charge >= 0.3 is 5.97 Å². The van der Waals surface area contributed by atoms with Gasteiger partial charge in [-0.15, -0.1) is 0 Å². The van der Waals surface area contributed by atoms with E-state index in [0.717, 1.165) is 19.4 Å². The third-order valence-electron chi connectivity index (χ3n) is 1.44. The SMILES string of the molecule is [CH2]NCCCCC(N)C(=O)O. The molecule has 1 unspecified atom stereocenters. The molecule has 0 amide bonds. The Labute approximate surface area is 66.8 Å². The van der Waals surface area contributed by atoms with Gasteiger partial charge in [0.1, 0.15) is 6.04 Å². The molecule has 0 rings (SSSR count). The van der Waals surface area contributed by atoms with E-state index in [0.29, 0.717) is 6.42 Å². The highest BCUT2D eigenvalue weighted by atomic mass is 16.4. The van der Waals surface area contributed by atoms with Crippen LogP contribution < -0.4 is 11.1 Å². The number of nitrogens with one attached hydrogen (secondary N) is 1. The van der Waals surface area contributed by atoms with Gasteiger partial charge in [-0.05, 0) is 19.4 Å². The van der Waals surface area contributed by atoms with Crippen molar-refractivity contribution in [2.24, 2.45) is 5.73 Å². The van der Waals surface area contributed by atoms with Crippen molar-refractivity contribution in [3.05, 3.63) is 7.05 Å². The molecule has 0 aliphatic heterocycles. The van der Waals surface area contributed by atoms with Crippen LogP contribution >= 0.6 is 0 Å². The summed E-state index contributed by atoms with van der Waals surface area (Å²) in [6, 6.07) is -0.709. The van der Waals surface area contributed by atoms with Crippen molar-refractivity contribution in [2.45, 2.75) is 25.3 Å². The molecule has 11 heavy (non-hydrogen) atoms. The van der Waals surface area contributed by atoms with Gasteiger partial charge in [0.25, 0.3) is 0 Å². The number of unbranched alkanes of at least 4 members (excludes halogenated alkanes) is 1. The highest BCUT2D eigenvalue weighted by Crippen LogP contribution is 1.97. The van der Waals surface area contributed by atoms with Gasteiger partial charge in [0.2, 0.25) is 0 Å². The lowest BCUT2D eigenvalue weighted by molar-refractivity contribution is -0.138. The molecule has 1 radical (unpaired) electrons. The maximum Gasteiger partial charge on any atom is 0.320 e. The van der Waals surface area contributed by atoms with Crippen LogP contribution in [0.25, 0.3) is 0 Å². The zero-order chi connectivity index (χ0) is 8.69. The van der Waals surface area contributed by atoms with Crippen LogP contribution in [-0.4, -0.2) is 23.7 Å². The van der Waals surface area contributed by atoms with E-state index in [1.165, 1.54) is 0 Å². The second-order valence-corrected chi connectivity index (χ2v) is 2.44. The molecule has 0 aromatic rings. The molecule has 0 bridgehead atoms. The second-order valence-electron chi connectivity index (χ2n) is 2.44. The molecule has 0 saturated carbocycles. The zero-order valence-electron chi connectivity index (χ0n) is 6.55. The number of hydrogen-bond donors (Lipinski definition) is 3. The predicted octanol–water partition coefficient (Wildman–Crippen LogP) is -0.0502. The largest absolute Gasteiger partial charge is 0.480 e. The van der Waals surface area contributed by atoms with Gasteiger partial charge < -0.3 is 16.2 Å². The van der Waals surface area contributed by atoms with Crippen LogP contribution in [0.1, 0.15) is 19.3 Å². The fraction of sp³-hybridized carbons (Fsp3) is 0.714. The number of hydrogen-bond acceptors (Lipinski definition) is 3. The standard InChI is InChI=1S/C7H15N2O2/c1-9-5-3-2-4-6(8)7(10)11/h6,9H,1-5,8H2,(H,10,11). The first-order valence-electron chi connectivity index (χ1n) is 3.67. The predicted molar refractivity (Wildman–Crippen MR) is 42.8 cm³/mol. The monoisotopic (exact) mass is 159 g/mol. The van der Waals surface area contributed by atoms with Gasteiger partial charge in [0, 0.05) is 7.05 Å². The summed E-state index contributed by atoms with van der Waals surface area (Å²) < 4.78 is 0. The van der Waals surface area contributed by atoms with E-state index >= 15 is 0 Å². The van der Waals surface area contributed by atoms with E-state index in [9.17, 15) is 4.79 Å². The Morgan fingerprint density at radius 3 is 2.73 bits per heavy atom. The minimum Gasteiger partial charge on any atom is -0.480 e. The normalized spacial score (nSPS) is 12.9. The number of nitrogens with two attached hydrogens (primary N) is 1. The van der Waals surface area contributed by atoms with Gasteiger partial charge in [-0.2, -0.15) is 0 Å². The van der Waals surface area contributed by atoms with Gasteiger partial charge in [-0.25, -0.2) is 0 Å². The molecule has 0 aliphatic carbocycles. The Hall–Kier alpha value is -0.610. The van der Waals surface area contributed by atoms with E-state index in [-0.39, 0.29) is 0 Å². The topological polar surface area (TPSA) is 75.3 Å².